The number of allylic oxidation sites excluding steroid dienone is 1. The summed E-state index contributed by atoms with van der Waals surface area (Å²) in [5, 5.41) is 11.6. The minimum absolute atomic E-state index is 0.215. The number of ether oxygens (including phenoxy) is 1. The average Bonchev–Trinajstić information content (AvgIpc) is 2.28. The average molecular weight is 222 g/mol. The van der Waals surface area contributed by atoms with Gasteiger partial charge in [0, 0.05) is 0 Å². The maximum absolute atomic E-state index is 11.5. The first-order chi connectivity index (χ1) is 7.56. The number of carbonyl (C=O) groups is 1. The van der Waals surface area contributed by atoms with Crippen LogP contribution in [0.3, 0.4) is 0 Å². The van der Waals surface area contributed by atoms with E-state index in [-0.39, 0.29) is 11.5 Å². The van der Waals surface area contributed by atoms with E-state index in [9.17, 15) is 4.79 Å². The van der Waals surface area contributed by atoms with E-state index in [0.29, 0.717) is 11.4 Å². The highest BCUT2D eigenvalue weighted by Crippen LogP contribution is 2.23. The minimum atomic E-state index is -0.565. The normalized spacial score (nSPS) is 11.6. The molecule has 0 atom stereocenters. The van der Waals surface area contributed by atoms with E-state index in [1.54, 1.807) is 24.3 Å². The van der Waals surface area contributed by atoms with Crippen LogP contribution in [0.25, 0.3) is 0 Å². The Morgan fingerprint density at radius 1 is 1.44 bits per heavy atom. The molecule has 0 aromatic heterocycles. The van der Waals surface area contributed by atoms with Crippen LogP contribution in [0.2, 0.25) is 0 Å². The van der Waals surface area contributed by atoms with Crippen LogP contribution in [0.1, 0.15) is 6.92 Å². The molecule has 5 heteroatoms. The number of aliphatic hydroxyl groups is 1. The zero-order valence-corrected chi connectivity index (χ0v) is 9.15. The molecule has 1 rings (SSSR count). The second kappa shape index (κ2) is 5.06. The van der Waals surface area contributed by atoms with E-state index in [2.05, 4.69) is 5.32 Å². The number of hydrogen-bond donors (Lipinski definition) is 3. The number of aliphatic hydroxyl groups excluding tert-OH is 1. The van der Waals surface area contributed by atoms with Crippen molar-refractivity contribution >= 4 is 11.6 Å². The monoisotopic (exact) mass is 222 g/mol. The van der Waals surface area contributed by atoms with E-state index in [1.807, 2.05) is 0 Å². The van der Waals surface area contributed by atoms with Crippen molar-refractivity contribution in [1.29, 1.82) is 0 Å². The molecule has 1 amide bonds. The topological polar surface area (TPSA) is 84.6 Å². The second-order valence-corrected chi connectivity index (χ2v) is 3.15. The van der Waals surface area contributed by atoms with Crippen LogP contribution in [0.5, 0.6) is 5.75 Å². The van der Waals surface area contributed by atoms with Gasteiger partial charge in [-0.25, -0.2) is 0 Å². The third-order valence-corrected chi connectivity index (χ3v) is 1.99. The van der Waals surface area contributed by atoms with Crippen LogP contribution in [-0.4, -0.2) is 18.1 Å². The van der Waals surface area contributed by atoms with Gasteiger partial charge < -0.3 is 20.9 Å². The number of carbonyl (C=O) groups excluding carboxylic acids is 1. The predicted octanol–water partition coefficient (Wildman–Crippen LogP) is 1.38. The fourth-order valence-electron chi connectivity index (χ4n) is 1.10. The van der Waals surface area contributed by atoms with Crippen LogP contribution >= 0.6 is 0 Å². The number of methoxy groups -OCH3 is 1. The Kier molecular flexibility index (Phi) is 3.77. The summed E-state index contributed by atoms with van der Waals surface area (Å²) in [7, 11) is 1.50. The third kappa shape index (κ3) is 2.66. The molecule has 0 heterocycles. The largest absolute Gasteiger partial charge is 0.510 e. The zero-order valence-electron chi connectivity index (χ0n) is 9.15. The predicted molar refractivity (Wildman–Crippen MR) is 61.1 cm³/mol. The SMILES string of the molecule is COc1ccccc1NC(=O)/C(N)=C(\C)O. The summed E-state index contributed by atoms with van der Waals surface area (Å²) in [6.45, 7) is 1.34. The van der Waals surface area contributed by atoms with Gasteiger partial charge in [0.1, 0.15) is 17.2 Å². The molecule has 0 unspecified atom stereocenters. The first-order valence-electron chi connectivity index (χ1n) is 4.66. The molecule has 0 aliphatic carbocycles. The molecule has 0 radical (unpaired) electrons. The van der Waals surface area contributed by atoms with Crippen molar-refractivity contribution in [1.82, 2.24) is 0 Å². The molecule has 4 N–H and O–H groups in total. The number of amides is 1. The van der Waals surface area contributed by atoms with Gasteiger partial charge in [-0.1, -0.05) is 12.1 Å². The molecule has 0 spiro atoms. The minimum Gasteiger partial charge on any atom is -0.510 e. The number of rotatable bonds is 3. The maximum Gasteiger partial charge on any atom is 0.275 e. The van der Waals surface area contributed by atoms with E-state index in [1.165, 1.54) is 14.0 Å². The molecular weight excluding hydrogens is 208 g/mol. The van der Waals surface area contributed by atoms with Gasteiger partial charge in [-0.05, 0) is 19.1 Å². The maximum atomic E-state index is 11.5. The number of nitrogens with one attached hydrogen (secondary N) is 1. The molecule has 0 aliphatic rings. The number of para-hydroxylation sites is 2. The Morgan fingerprint density at radius 3 is 2.62 bits per heavy atom. The molecule has 1 aromatic carbocycles. The number of anilines is 1. The van der Waals surface area contributed by atoms with Crippen molar-refractivity contribution in [2.75, 3.05) is 12.4 Å². The summed E-state index contributed by atoms with van der Waals surface area (Å²) in [5.41, 5.74) is 5.66. The van der Waals surface area contributed by atoms with Gasteiger partial charge in [-0.2, -0.15) is 0 Å². The van der Waals surface area contributed by atoms with Crippen molar-refractivity contribution in [3.05, 3.63) is 35.7 Å². The summed E-state index contributed by atoms with van der Waals surface area (Å²) in [6, 6.07) is 6.92. The summed E-state index contributed by atoms with van der Waals surface area (Å²) in [6.07, 6.45) is 0. The standard InChI is InChI=1S/C11H14N2O3/c1-7(14)10(12)11(15)13-8-5-3-4-6-9(8)16-2/h3-6,14H,12H2,1-2H3,(H,13,15)/b10-7-. The van der Waals surface area contributed by atoms with E-state index in [0.717, 1.165) is 0 Å². The highest BCUT2D eigenvalue weighted by Gasteiger charge is 2.11. The van der Waals surface area contributed by atoms with Crippen molar-refractivity contribution in [2.24, 2.45) is 5.73 Å². The quantitative estimate of drug-likeness (QED) is 0.533. The molecule has 0 aliphatic heterocycles. The van der Waals surface area contributed by atoms with Crippen molar-refractivity contribution in [2.45, 2.75) is 6.92 Å². The number of nitrogens with two attached hydrogens (primary N) is 1. The second-order valence-electron chi connectivity index (χ2n) is 3.15. The smallest absolute Gasteiger partial charge is 0.275 e. The number of benzene rings is 1. The molecular formula is C11H14N2O3. The Labute approximate surface area is 93.5 Å². The molecule has 16 heavy (non-hydrogen) atoms. The van der Waals surface area contributed by atoms with Crippen LogP contribution in [0.15, 0.2) is 35.7 Å². The number of hydrogen-bond acceptors (Lipinski definition) is 4. The first-order valence-corrected chi connectivity index (χ1v) is 4.66. The Morgan fingerprint density at radius 2 is 2.06 bits per heavy atom. The summed E-state index contributed by atoms with van der Waals surface area (Å²) < 4.78 is 5.05. The Hall–Kier alpha value is -2.17. The Balaban J connectivity index is 2.89. The lowest BCUT2D eigenvalue weighted by Crippen LogP contribution is -2.21. The van der Waals surface area contributed by atoms with Crippen LogP contribution in [0, 0.1) is 0 Å². The lowest BCUT2D eigenvalue weighted by atomic mass is 10.2. The summed E-state index contributed by atoms with van der Waals surface area (Å²) in [5.74, 6) is -0.254. The Bertz CT molecular complexity index is 423. The van der Waals surface area contributed by atoms with Crippen LogP contribution < -0.4 is 15.8 Å². The van der Waals surface area contributed by atoms with Gasteiger partial charge in [0.2, 0.25) is 0 Å². The van der Waals surface area contributed by atoms with Gasteiger partial charge in [-0.3, -0.25) is 4.79 Å². The highest BCUT2D eigenvalue weighted by molar-refractivity contribution is 6.04. The third-order valence-electron chi connectivity index (χ3n) is 1.99. The fourth-order valence-corrected chi connectivity index (χ4v) is 1.10. The molecule has 0 bridgehead atoms. The van der Waals surface area contributed by atoms with Gasteiger partial charge in [0.15, 0.2) is 0 Å². The molecule has 1 aromatic rings. The lowest BCUT2D eigenvalue weighted by Gasteiger charge is -2.09. The molecule has 0 saturated heterocycles. The fraction of sp³-hybridized carbons (Fsp3) is 0.182. The molecule has 0 fully saturated rings. The van der Waals surface area contributed by atoms with E-state index >= 15 is 0 Å². The van der Waals surface area contributed by atoms with Gasteiger partial charge in [0.25, 0.3) is 5.91 Å². The summed E-state index contributed by atoms with van der Waals surface area (Å²) >= 11 is 0. The van der Waals surface area contributed by atoms with Crippen molar-refractivity contribution < 1.29 is 14.6 Å². The molecule has 86 valence electrons. The lowest BCUT2D eigenvalue weighted by molar-refractivity contribution is -0.113. The van der Waals surface area contributed by atoms with Gasteiger partial charge in [0.05, 0.1) is 12.8 Å². The molecule has 0 saturated carbocycles. The van der Waals surface area contributed by atoms with E-state index < -0.39 is 5.91 Å². The highest BCUT2D eigenvalue weighted by atomic mass is 16.5. The summed E-state index contributed by atoms with van der Waals surface area (Å²) in [4.78, 5) is 11.5. The molecule has 5 nitrogen and oxygen atoms in total. The first kappa shape index (κ1) is 11.9. The van der Waals surface area contributed by atoms with Crippen molar-refractivity contribution in [3.8, 4) is 5.75 Å². The van der Waals surface area contributed by atoms with E-state index in [4.69, 9.17) is 15.6 Å². The van der Waals surface area contributed by atoms with Crippen LogP contribution in [-0.2, 0) is 4.79 Å². The van der Waals surface area contributed by atoms with Crippen molar-refractivity contribution in [3.63, 3.8) is 0 Å². The van der Waals surface area contributed by atoms with Gasteiger partial charge >= 0.3 is 0 Å². The van der Waals surface area contributed by atoms with Crippen LogP contribution in [0.4, 0.5) is 5.69 Å². The van der Waals surface area contributed by atoms with Gasteiger partial charge in [-0.15, -0.1) is 0 Å². The zero-order chi connectivity index (χ0) is 12.1.